The minimum Gasteiger partial charge on any atom is -0.497 e. The lowest BCUT2D eigenvalue weighted by molar-refractivity contribution is 0.0519. The number of nitrogens with zero attached hydrogens (tertiary/aromatic N) is 1. The third-order valence-corrected chi connectivity index (χ3v) is 3.00. The van der Waals surface area contributed by atoms with Gasteiger partial charge in [-0.1, -0.05) is 0 Å². The number of carbonyl (C=O) groups is 2. The van der Waals surface area contributed by atoms with E-state index in [-0.39, 0.29) is 24.5 Å². The molecule has 0 radical (unpaired) electrons. The molecule has 0 spiro atoms. The van der Waals surface area contributed by atoms with Crippen molar-refractivity contribution in [1.29, 1.82) is 0 Å². The molecule has 22 heavy (non-hydrogen) atoms. The predicted octanol–water partition coefficient (Wildman–Crippen LogP) is 2.60. The van der Waals surface area contributed by atoms with Gasteiger partial charge in [-0.2, -0.15) is 0 Å². The molecule has 2 rings (SSSR count). The molecule has 0 atom stereocenters. The van der Waals surface area contributed by atoms with Crippen molar-refractivity contribution in [2.75, 3.05) is 20.3 Å². The van der Waals surface area contributed by atoms with Gasteiger partial charge >= 0.3 is 11.9 Å². The Morgan fingerprint density at radius 2 is 1.73 bits per heavy atom. The normalized spacial score (nSPS) is 10.3. The molecule has 2 aromatic rings. The first-order valence-corrected chi connectivity index (χ1v) is 6.93. The van der Waals surface area contributed by atoms with Crippen LogP contribution in [0.2, 0.25) is 0 Å². The first kappa shape index (κ1) is 15.8. The van der Waals surface area contributed by atoms with E-state index in [1.807, 2.05) is 0 Å². The van der Waals surface area contributed by atoms with Crippen molar-refractivity contribution in [2.24, 2.45) is 0 Å². The van der Waals surface area contributed by atoms with Crippen molar-refractivity contribution in [2.45, 2.75) is 13.8 Å². The summed E-state index contributed by atoms with van der Waals surface area (Å²) in [6.45, 7) is 3.89. The molecule has 1 aromatic heterocycles. The maximum absolute atomic E-state index is 12.1. The fraction of sp³-hybridized carbons (Fsp3) is 0.312. The van der Waals surface area contributed by atoms with Crippen LogP contribution < -0.4 is 4.74 Å². The van der Waals surface area contributed by atoms with E-state index in [2.05, 4.69) is 4.98 Å². The molecule has 0 amide bonds. The number of rotatable bonds is 5. The number of hydrogen-bond donors (Lipinski definition) is 0. The van der Waals surface area contributed by atoms with Crippen molar-refractivity contribution < 1.29 is 23.8 Å². The van der Waals surface area contributed by atoms with Gasteiger partial charge in [-0.3, -0.25) is 0 Å². The highest BCUT2D eigenvalue weighted by molar-refractivity contribution is 6.06. The number of benzene rings is 1. The number of pyridine rings is 1. The zero-order valence-electron chi connectivity index (χ0n) is 12.7. The highest BCUT2D eigenvalue weighted by atomic mass is 16.5. The van der Waals surface area contributed by atoms with Crippen LogP contribution in [0.5, 0.6) is 5.75 Å². The molecule has 0 aliphatic rings. The summed E-state index contributed by atoms with van der Waals surface area (Å²) in [5.41, 5.74) is 0.825. The SMILES string of the molecule is CCOC(=O)c1cc(C(=O)OCC)c2cc(OC)ccc2n1. The van der Waals surface area contributed by atoms with Crippen LogP contribution in [0, 0.1) is 0 Å². The average Bonchev–Trinajstić information content (AvgIpc) is 2.53. The molecule has 0 saturated carbocycles. The fourth-order valence-corrected chi connectivity index (χ4v) is 2.02. The molecular formula is C16H17NO5. The van der Waals surface area contributed by atoms with Crippen LogP contribution in [0.1, 0.15) is 34.7 Å². The summed E-state index contributed by atoms with van der Waals surface area (Å²) < 4.78 is 15.1. The molecule has 6 nitrogen and oxygen atoms in total. The van der Waals surface area contributed by atoms with Crippen molar-refractivity contribution in [1.82, 2.24) is 4.98 Å². The number of methoxy groups -OCH3 is 1. The molecule has 0 saturated heterocycles. The molecular weight excluding hydrogens is 286 g/mol. The van der Waals surface area contributed by atoms with Crippen LogP contribution >= 0.6 is 0 Å². The Morgan fingerprint density at radius 3 is 2.36 bits per heavy atom. The Kier molecular flexibility index (Phi) is 4.93. The summed E-state index contributed by atoms with van der Waals surface area (Å²) in [5.74, 6) is -0.511. The summed E-state index contributed by atoms with van der Waals surface area (Å²) in [5, 5.41) is 0.561. The van der Waals surface area contributed by atoms with E-state index in [1.54, 1.807) is 32.0 Å². The van der Waals surface area contributed by atoms with Gasteiger partial charge in [0.1, 0.15) is 11.4 Å². The Hall–Kier alpha value is -2.63. The second-order valence-corrected chi connectivity index (χ2v) is 4.38. The second-order valence-electron chi connectivity index (χ2n) is 4.38. The average molecular weight is 303 g/mol. The van der Waals surface area contributed by atoms with Crippen LogP contribution in [0.4, 0.5) is 0 Å². The fourth-order valence-electron chi connectivity index (χ4n) is 2.02. The molecule has 0 unspecified atom stereocenters. The maximum Gasteiger partial charge on any atom is 0.356 e. The number of carbonyl (C=O) groups excluding carboxylic acids is 2. The molecule has 1 heterocycles. The van der Waals surface area contributed by atoms with Gasteiger partial charge in [0.15, 0.2) is 0 Å². The van der Waals surface area contributed by atoms with Crippen molar-refractivity contribution in [3.8, 4) is 5.75 Å². The molecule has 6 heteroatoms. The van der Waals surface area contributed by atoms with E-state index in [0.29, 0.717) is 16.7 Å². The van der Waals surface area contributed by atoms with Crippen LogP contribution in [-0.4, -0.2) is 37.2 Å². The maximum atomic E-state index is 12.1. The quantitative estimate of drug-likeness (QED) is 0.790. The lowest BCUT2D eigenvalue weighted by Gasteiger charge is -2.10. The lowest BCUT2D eigenvalue weighted by Crippen LogP contribution is -2.12. The Labute approximate surface area is 128 Å². The number of esters is 2. The zero-order chi connectivity index (χ0) is 16.1. The first-order valence-electron chi connectivity index (χ1n) is 6.93. The van der Waals surface area contributed by atoms with E-state index >= 15 is 0 Å². The summed E-state index contributed by atoms with van der Waals surface area (Å²) in [4.78, 5) is 28.3. The Morgan fingerprint density at radius 1 is 1.05 bits per heavy atom. The molecule has 0 aliphatic carbocycles. The van der Waals surface area contributed by atoms with Gasteiger partial charge < -0.3 is 14.2 Å². The number of aromatic nitrogens is 1. The van der Waals surface area contributed by atoms with Crippen molar-refractivity contribution >= 4 is 22.8 Å². The summed E-state index contributed by atoms with van der Waals surface area (Å²) in [6, 6.07) is 6.46. The summed E-state index contributed by atoms with van der Waals surface area (Å²) in [6.07, 6.45) is 0. The van der Waals surface area contributed by atoms with Gasteiger partial charge in [0.05, 0.1) is 31.4 Å². The largest absolute Gasteiger partial charge is 0.497 e. The third kappa shape index (κ3) is 3.16. The minimum absolute atomic E-state index is 0.0718. The van der Waals surface area contributed by atoms with Crippen molar-refractivity contribution in [3.63, 3.8) is 0 Å². The molecule has 0 N–H and O–H groups in total. The zero-order valence-corrected chi connectivity index (χ0v) is 12.7. The minimum atomic E-state index is -0.578. The van der Waals surface area contributed by atoms with Gasteiger partial charge in [0.25, 0.3) is 0 Å². The lowest BCUT2D eigenvalue weighted by atomic mass is 10.1. The van der Waals surface area contributed by atoms with Gasteiger partial charge in [-0.15, -0.1) is 0 Å². The first-order chi connectivity index (χ1) is 10.6. The predicted molar refractivity (Wildman–Crippen MR) is 80.2 cm³/mol. The molecule has 116 valence electrons. The standard InChI is InChI=1S/C16H17NO5/c1-4-21-15(18)12-9-14(16(19)22-5-2)17-13-7-6-10(20-3)8-11(12)13/h6-9H,4-5H2,1-3H3. The number of ether oxygens (including phenoxy) is 3. The van der Waals surface area contributed by atoms with E-state index in [0.717, 1.165) is 0 Å². The molecule has 0 fully saturated rings. The van der Waals surface area contributed by atoms with Gasteiger partial charge in [-0.05, 0) is 38.1 Å². The topological polar surface area (TPSA) is 74.7 Å². The van der Waals surface area contributed by atoms with E-state index in [4.69, 9.17) is 14.2 Å². The second kappa shape index (κ2) is 6.89. The Bertz CT molecular complexity index is 711. The summed E-state index contributed by atoms with van der Waals surface area (Å²) >= 11 is 0. The van der Waals surface area contributed by atoms with Crippen molar-refractivity contribution in [3.05, 3.63) is 35.5 Å². The molecule has 1 aromatic carbocycles. The van der Waals surface area contributed by atoms with Gasteiger partial charge in [-0.25, -0.2) is 14.6 Å². The number of hydrogen-bond acceptors (Lipinski definition) is 6. The van der Waals surface area contributed by atoms with Crippen LogP contribution in [0.25, 0.3) is 10.9 Å². The smallest absolute Gasteiger partial charge is 0.356 e. The third-order valence-electron chi connectivity index (χ3n) is 3.00. The highest BCUT2D eigenvalue weighted by Crippen LogP contribution is 2.24. The van der Waals surface area contributed by atoms with Crippen LogP contribution in [0.15, 0.2) is 24.3 Å². The number of fused-ring (bicyclic) bond motifs is 1. The van der Waals surface area contributed by atoms with E-state index in [1.165, 1.54) is 13.2 Å². The van der Waals surface area contributed by atoms with E-state index < -0.39 is 11.9 Å². The van der Waals surface area contributed by atoms with E-state index in [9.17, 15) is 9.59 Å². The molecule has 0 aliphatic heterocycles. The van der Waals surface area contributed by atoms with Crippen LogP contribution in [0.3, 0.4) is 0 Å². The monoisotopic (exact) mass is 303 g/mol. The molecule has 0 bridgehead atoms. The Balaban J connectivity index is 2.63. The summed E-state index contributed by atoms with van der Waals surface area (Å²) in [7, 11) is 1.53. The van der Waals surface area contributed by atoms with Gasteiger partial charge in [0, 0.05) is 5.39 Å². The van der Waals surface area contributed by atoms with Gasteiger partial charge in [0.2, 0.25) is 0 Å². The highest BCUT2D eigenvalue weighted by Gasteiger charge is 2.18. The van der Waals surface area contributed by atoms with Crippen LogP contribution in [-0.2, 0) is 9.47 Å².